The Morgan fingerprint density at radius 2 is 1.84 bits per heavy atom. The Morgan fingerprint density at radius 3 is 2.53 bits per heavy atom. The number of nitrogens with two attached hydrogens (primary N) is 1. The Kier molecular flexibility index (Phi) is 3.73. The van der Waals surface area contributed by atoms with Gasteiger partial charge in [0.1, 0.15) is 5.75 Å². The number of anilines is 1. The van der Waals surface area contributed by atoms with Gasteiger partial charge in [0, 0.05) is 12.2 Å². The maximum Gasteiger partial charge on any atom is 0.238 e. The van der Waals surface area contributed by atoms with Gasteiger partial charge in [0.25, 0.3) is 0 Å². The van der Waals surface area contributed by atoms with Crippen molar-refractivity contribution < 1.29 is 13.5 Å². The van der Waals surface area contributed by atoms with Crippen LogP contribution in [0.25, 0.3) is 0 Å². The summed E-state index contributed by atoms with van der Waals surface area (Å²) >= 11 is 0. The van der Waals surface area contributed by atoms with E-state index < -0.39 is 10.0 Å². The Labute approximate surface area is 111 Å². The number of phenolic OH excluding ortho intramolecular Hbond substituents is 1. The van der Waals surface area contributed by atoms with E-state index >= 15 is 0 Å². The van der Waals surface area contributed by atoms with Gasteiger partial charge in [-0.15, -0.1) is 0 Å². The minimum absolute atomic E-state index is 0.0633. The van der Waals surface area contributed by atoms with E-state index in [9.17, 15) is 13.5 Å². The lowest BCUT2D eigenvalue weighted by Crippen LogP contribution is -2.12. The molecule has 2 aromatic rings. The predicted octanol–water partition coefficient (Wildman–Crippen LogP) is 1.65. The monoisotopic (exact) mass is 278 g/mol. The van der Waals surface area contributed by atoms with Gasteiger partial charge in [-0.25, -0.2) is 13.6 Å². The second kappa shape index (κ2) is 5.29. The minimum Gasteiger partial charge on any atom is -0.508 e. The third-order valence-electron chi connectivity index (χ3n) is 2.57. The van der Waals surface area contributed by atoms with Gasteiger partial charge < -0.3 is 10.4 Å². The van der Waals surface area contributed by atoms with Gasteiger partial charge in [0.2, 0.25) is 10.0 Å². The first-order chi connectivity index (χ1) is 8.95. The van der Waals surface area contributed by atoms with Crippen molar-refractivity contribution in [2.45, 2.75) is 11.4 Å². The lowest BCUT2D eigenvalue weighted by Gasteiger charge is -2.08. The molecule has 6 heteroatoms. The summed E-state index contributed by atoms with van der Waals surface area (Å²) in [6.07, 6.45) is 0. The van der Waals surface area contributed by atoms with E-state index in [2.05, 4.69) is 5.32 Å². The molecule has 0 saturated carbocycles. The van der Waals surface area contributed by atoms with Crippen LogP contribution in [0.4, 0.5) is 5.69 Å². The highest BCUT2D eigenvalue weighted by atomic mass is 32.2. The summed E-state index contributed by atoms with van der Waals surface area (Å²) in [6, 6.07) is 13.1. The van der Waals surface area contributed by atoms with Crippen LogP contribution in [0, 0.1) is 0 Å². The molecule has 0 bridgehead atoms. The Morgan fingerprint density at radius 1 is 1.11 bits per heavy atom. The fraction of sp³-hybridized carbons (Fsp3) is 0.0769. The van der Waals surface area contributed by atoms with Gasteiger partial charge in [0.05, 0.1) is 4.90 Å². The summed E-state index contributed by atoms with van der Waals surface area (Å²) in [5, 5.41) is 17.5. The van der Waals surface area contributed by atoms with Crippen molar-refractivity contribution in [1.82, 2.24) is 0 Å². The van der Waals surface area contributed by atoms with Crippen LogP contribution in [0.1, 0.15) is 5.56 Å². The molecule has 0 aromatic heterocycles. The van der Waals surface area contributed by atoms with Crippen molar-refractivity contribution in [1.29, 1.82) is 0 Å². The molecule has 2 aromatic carbocycles. The van der Waals surface area contributed by atoms with E-state index in [1.54, 1.807) is 30.3 Å². The number of nitrogens with one attached hydrogen (secondary N) is 1. The van der Waals surface area contributed by atoms with Gasteiger partial charge in [0.15, 0.2) is 0 Å². The molecule has 0 heterocycles. The summed E-state index contributed by atoms with van der Waals surface area (Å²) in [5.74, 6) is 0.192. The molecule has 0 amide bonds. The van der Waals surface area contributed by atoms with Gasteiger partial charge in [-0.2, -0.15) is 0 Å². The minimum atomic E-state index is -3.69. The second-order valence-electron chi connectivity index (χ2n) is 4.10. The number of hydrogen-bond donors (Lipinski definition) is 3. The molecule has 0 spiro atoms. The molecular weight excluding hydrogens is 264 g/mol. The standard InChI is InChI=1S/C13H14N2O3S/c14-19(17,18)13-6-2-4-11(8-13)15-9-10-3-1-5-12(16)7-10/h1-8,15-16H,9H2,(H2,14,17,18). The molecule has 0 atom stereocenters. The first-order valence-electron chi connectivity index (χ1n) is 5.60. The molecule has 100 valence electrons. The number of hydrogen-bond acceptors (Lipinski definition) is 4. The molecule has 0 fully saturated rings. The SMILES string of the molecule is NS(=O)(=O)c1cccc(NCc2cccc(O)c2)c1. The lowest BCUT2D eigenvalue weighted by atomic mass is 10.2. The molecule has 0 unspecified atom stereocenters. The van der Waals surface area contributed by atoms with Crippen LogP contribution in [0.15, 0.2) is 53.4 Å². The summed E-state index contributed by atoms with van der Waals surface area (Å²) in [6.45, 7) is 0.475. The molecule has 19 heavy (non-hydrogen) atoms. The molecule has 0 saturated heterocycles. The lowest BCUT2D eigenvalue weighted by molar-refractivity contribution is 0.474. The first kappa shape index (κ1) is 13.4. The second-order valence-corrected chi connectivity index (χ2v) is 5.66. The maximum absolute atomic E-state index is 11.2. The van der Waals surface area contributed by atoms with Crippen LogP contribution < -0.4 is 10.5 Å². The average molecular weight is 278 g/mol. The maximum atomic E-state index is 11.2. The number of phenols is 1. The average Bonchev–Trinajstić information content (AvgIpc) is 2.36. The van der Waals surface area contributed by atoms with Crippen LogP contribution in [-0.4, -0.2) is 13.5 Å². The van der Waals surface area contributed by atoms with Crippen molar-refractivity contribution in [3.63, 3.8) is 0 Å². The van der Waals surface area contributed by atoms with Crippen molar-refractivity contribution in [3.05, 3.63) is 54.1 Å². The number of benzene rings is 2. The quantitative estimate of drug-likeness (QED) is 0.793. The molecule has 0 radical (unpaired) electrons. The summed E-state index contributed by atoms with van der Waals surface area (Å²) in [7, 11) is -3.69. The van der Waals surface area contributed by atoms with E-state index in [0.29, 0.717) is 12.2 Å². The smallest absolute Gasteiger partial charge is 0.238 e. The fourth-order valence-electron chi connectivity index (χ4n) is 1.65. The van der Waals surface area contributed by atoms with Crippen LogP contribution in [0.5, 0.6) is 5.75 Å². The number of primary sulfonamides is 1. The van der Waals surface area contributed by atoms with Crippen molar-refractivity contribution >= 4 is 15.7 Å². The highest BCUT2D eigenvalue weighted by Gasteiger charge is 2.07. The highest BCUT2D eigenvalue weighted by molar-refractivity contribution is 7.89. The Bertz CT molecular complexity index is 684. The van der Waals surface area contributed by atoms with Gasteiger partial charge >= 0.3 is 0 Å². The Balaban J connectivity index is 2.12. The third kappa shape index (κ3) is 3.70. The van der Waals surface area contributed by atoms with E-state index in [1.807, 2.05) is 6.07 Å². The number of aromatic hydroxyl groups is 1. The first-order valence-corrected chi connectivity index (χ1v) is 7.14. The van der Waals surface area contributed by atoms with Crippen molar-refractivity contribution in [2.24, 2.45) is 5.14 Å². The molecule has 0 aliphatic heterocycles. The number of rotatable bonds is 4. The van der Waals surface area contributed by atoms with E-state index in [1.165, 1.54) is 12.1 Å². The zero-order valence-corrected chi connectivity index (χ0v) is 10.9. The molecule has 0 aliphatic carbocycles. The van der Waals surface area contributed by atoms with E-state index in [0.717, 1.165) is 5.56 Å². The number of sulfonamides is 1. The summed E-state index contributed by atoms with van der Waals surface area (Å²) < 4.78 is 22.4. The van der Waals surface area contributed by atoms with Gasteiger partial charge in [-0.05, 0) is 35.9 Å². The van der Waals surface area contributed by atoms with Crippen LogP contribution in [0.2, 0.25) is 0 Å². The largest absolute Gasteiger partial charge is 0.508 e. The normalized spacial score (nSPS) is 11.2. The molecule has 0 aliphatic rings. The molecule has 2 rings (SSSR count). The highest BCUT2D eigenvalue weighted by Crippen LogP contribution is 2.16. The van der Waals surface area contributed by atoms with E-state index in [-0.39, 0.29) is 10.6 Å². The van der Waals surface area contributed by atoms with Crippen LogP contribution in [0.3, 0.4) is 0 Å². The van der Waals surface area contributed by atoms with E-state index in [4.69, 9.17) is 5.14 Å². The van der Waals surface area contributed by atoms with Crippen LogP contribution >= 0.6 is 0 Å². The van der Waals surface area contributed by atoms with Gasteiger partial charge in [-0.3, -0.25) is 0 Å². The summed E-state index contributed by atoms with van der Waals surface area (Å²) in [5.41, 5.74) is 1.54. The Hall–Kier alpha value is -2.05. The molecule has 4 N–H and O–H groups in total. The van der Waals surface area contributed by atoms with Crippen LogP contribution in [-0.2, 0) is 16.6 Å². The fourth-order valence-corrected chi connectivity index (χ4v) is 2.21. The predicted molar refractivity (Wildman–Crippen MR) is 73.2 cm³/mol. The van der Waals surface area contributed by atoms with Crippen molar-refractivity contribution in [2.75, 3.05) is 5.32 Å². The third-order valence-corrected chi connectivity index (χ3v) is 3.48. The topological polar surface area (TPSA) is 92.4 Å². The molecular formula is C13H14N2O3S. The zero-order chi connectivity index (χ0) is 13.9. The van der Waals surface area contributed by atoms with Crippen molar-refractivity contribution in [3.8, 4) is 5.75 Å². The van der Waals surface area contributed by atoms with Gasteiger partial charge in [-0.1, -0.05) is 18.2 Å². The summed E-state index contributed by atoms with van der Waals surface area (Å²) in [4.78, 5) is 0.0633. The molecule has 5 nitrogen and oxygen atoms in total. The zero-order valence-electron chi connectivity index (χ0n) is 10.1.